The molecule has 126 valence electrons. The van der Waals surface area contributed by atoms with E-state index in [1.54, 1.807) is 24.5 Å². The number of hydrogen-bond donors (Lipinski definition) is 0. The molecule has 0 radical (unpaired) electrons. The number of furan rings is 1. The van der Waals surface area contributed by atoms with Crippen molar-refractivity contribution in [1.29, 1.82) is 0 Å². The molecule has 0 saturated carbocycles. The monoisotopic (exact) mass is 391 g/mol. The number of benzene rings is 1. The van der Waals surface area contributed by atoms with Gasteiger partial charge in [0, 0.05) is 0 Å². The Labute approximate surface area is 156 Å². The fourth-order valence-corrected chi connectivity index (χ4v) is 3.78. The third-order valence-corrected chi connectivity index (χ3v) is 5.39. The van der Waals surface area contributed by atoms with E-state index in [0.717, 1.165) is 15.3 Å². The first-order valence-electron chi connectivity index (χ1n) is 7.39. The van der Waals surface area contributed by atoms with Gasteiger partial charge in [-0.05, 0) is 36.8 Å². The van der Waals surface area contributed by atoms with Crippen molar-refractivity contribution < 1.29 is 4.42 Å². The molecule has 1 aromatic carbocycles. The normalized spacial score (nSPS) is 11.3. The maximum atomic E-state index is 12.8. The molecule has 5 nitrogen and oxygen atoms in total. The van der Waals surface area contributed by atoms with E-state index < -0.39 is 0 Å². The van der Waals surface area contributed by atoms with E-state index >= 15 is 0 Å². The predicted molar refractivity (Wildman–Crippen MR) is 99.7 cm³/mol. The molecule has 0 spiro atoms. The van der Waals surface area contributed by atoms with Gasteiger partial charge in [0.15, 0.2) is 11.3 Å². The summed E-state index contributed by atoms with van der Waals surface area (Å²) in [6.45, 7) is 2.12. The van der Waals surface area contributed by atoms with Gasteiger partial charge in [-0.1, -0.05) is 29.3 Å². The first-order valence-corrected chi connectivity index (χ1v) is 8.96. The Morgan fingerprint density at radius 2 is 2.08 bits per heavy atom. The minimum absolute atomic E-state index is 0.249. The maximum Gasteiger partial charge on any atom is 0.294 e. The highest BCUT2D eigenvalue weighted by atomic mass is 35.5. The Morgan fingerprint density at radius 1 is 1.24 bits per heavy atom. The molecule has 3 heterocycles. The Balaban J connectivity index is 1.90. The van der Waals surface area contributed by atoms with Gasteiger partial charge in [0.2, 0.25) is 0 Å². The number of hydrogen-bond acceptors (Lipinski definition) is 5. The van der Waals surface area contributed by atoms with Crippen LogP contribution in [0.5, 0.6) is 0 Å². The largest absolute Gasteiger partial charge is 0.463 e. The fourth-order valence-electron chi connectivity index (χ4n) is 2.56. The molecule has 0 unspecified atom stereocenters. The Kier molecular flexibility index (Phi) is 4.11. The molecule has 0 atom stereocenters. The third kappa shape index (κ3) is 2.97. The molecule has 0 aliphatic carbocycles. The van der Waals surface area contributed by atoms with Crippen LogP contribution in [0.25, 0.3) is 21.7 Å². The van der Waals surface area contributed by atoms with Crippen LogP contribution in [0.1, 0.15) is 10.6 Å². The molecule has 4 aromatic rings. The summed E-state index contributed by atoms with van der Waals surface area (Å²) in [6, 6.07) is 8.83. The summed E-state index contributed by atoms with van der Waals surface area (Å²) in [5, 5.41) is 6.21. The second kappa shape index (κ2) is 6.29. The van der Waals surface area contributed by atoms with Crippen LogP contribution in [0.15, 0.2) is 45.8 Å². The summed E-state index contributed by atoms with van der Waals surface area (Å²) in [5.74, 6) is 0.594. The van der Waals surface area contributed by atoms with E-state index in [1.165, 1.54) is 16.0 Å². The van der Waals surface area contributed by atoms with Crippen LogP contribution in [0.4, 0.5) is 0 Å². The van der Waals surface area contributed by atoms with Gasteiger partial charge in [-0.25, -0.2) is 9.67 Å². The first kappa shape index (κ1) is 16.3. The number of halogens is 2. The first-order chi connectivity index (χ1) is 12.0. The molecule has 0 aliphatic heterocycles. The zero-order chi connectivity index (χ0) is 17.6. The van der Waals surface area contributed by atoms with Crippen LogP contribution < -0.4 is 5.56 Å². The molecule has 0 N–H and O–H groups in total. The standard InChI is InChI=1S/C17H11Cl2N3O2S/c1-9-20-15-16(25-9)14(13-3-2-6-24-13)21-22(17(15)23)8-10-4-5-11(18)12(19)7-10/h2-7H,8H2,1H3. The molecule has 0 bridgehead atoms. The lowest BCUT2D eigenvalue weighted by molar-refractivity contribution is 0.571. The zero-order valence-electron chi connectivity index (χ0n) is 13.0. The molecular formula is C17H11Cl2N3O2S. The lowest BCUT2D eigenvalue weighted by Crippen LogP contribution is -2.24. The third-order valence-electron chi connectivity index (χ3n) is 3.68. The molecule has 0 fully saturated rings. The average Bonchev–Trinajstić information content (AvgIpc) is 3.23. The highest BCUT2D eigenvalue weighted by Crippen LogP contribution is 2.30. The predicted octanol–water partition coefficient (Wildman–Crippen LogP) is 4.78. The van der Waals surface area contributed by atoms with Gasteiger partial charge >= 0.3 is 0 Å². The number of rotatable bonds is 3. The van der Waals surface area contributed by atoms with Gasteiger partial charge in [-0.2, -0.15) is 5.10 Å². The van der Waals surface area contributed by atoms with E-state index in [0.29, 0.717) is 27.0 Å². The van der Waals surface area contributed by atoms with Crippen LogP contribution in [-0.2, 0) is 6.54 Å². The molecular weight excluding hydrogens is 381 g/mol. The number of aromatic nitrogens is 3. The molecule has 8 heteroatoms. The quantitative estimate of drug-likeness (QED) is 0.504. The molecule has 4 rings (SSSR count). The van der Waals surface area contributed by atoms with Crippen molar-refractivity contribution >= 4 is 44.8 Å². The van der Waals surface area contributed by atoms with Crippen molar-refractivity contribution in [2.45, 2.75) is 13.5 Å². The van der Waals surface area contributed by atoms with Crippen LogP contribution >= 0.6 is 34.5 Å². The smallest absolute Gasteiger partial charge is 0.294 e. The van der Waals surface area contributed by atoms with Crippen molar-refractivity contribution in [3.63, 3.8) is 0 Å². The minimum atomic E-state index is -0.249. The lowest BCUT2D eigenvalue weighted by Gasteiger charge is -2.08. The maximum absolute atomic E-state index is 12.8. The van der Waals surface area contributed by atoms with Crippen molar-refractivity contribution in [2.24, 2.45) is 0 Å². The zero-order valence-corrected chi connectivity index (χ0v) is 15.3. The van der Waals surface area contributed by atoms with Crippen LogP contribution in [0.3, 0.4) is 0 Å². The second-order valence-electron chi connectivity index (χ2n) is 5.45. The molecule has 0 aliphatic rings. The van der Waals surface area contributed by atoms with E-state index in [2.05, 4.69) is 10.1 Å². The van der Waals surface area contributed by atoms with E-state index in [-0.39, 0.29) is 12.1 Å². The number of aryl methyl sites for hydroxylation is 1. The molecule has 0 saturated heterocycles. The lowest BCUT2D eigenvalue weighted by atomic mass is 10.2. The fraction of sp³-hybridized carbons (Fsp3) is 0.118. The van der Waals surface area contributed by atoms with Crippen molar-refractivity contribution in [1.82, 2.24) is 14.8 Å². The minimum Gasteiger partial charge on any atom is -0.463 e. The summed E-state index contributed by atoms with van der Waals surface area (Å²) in [7, 11) is 0. The van der Waals surface area contributed by atoms with Crippen molar-refractivity contribution in [3.8, 4) is 11.5 Å². The topological polar surface area (TPSA) is 60.9 Å². The van der Waals surface area contributed by atoms with Crippen LogP contribution in [-0.4, -0.2) is 14.8 Å². The molecule has 25 heavy (non-hydrogen) atoms. The van der Waals surface area contributed by atoms with Gasteiger partial charge < -0.3 is 4.42 Å². The summed E-state index contributed by atoms with van der Waals surface area (Å²) in [4.78, 5) is 17.1. The van der Waals surface area contributed by atoms with Crippen molar-refractivity contribution in [3.05, 3.63) is 67.6 Å². The Morgan fingerprint density at radius 3 is 2.80 bits per heavy atom. The number of thiazole rings is 1. The van der Waals surface area contributed by atoms with Gasteiger partial charge in [0.05, 0.1) is 32.6 Å². The Hall–Kier alpha value is -2.15. The highest BCUT2D eigenvalue weighted by molar-refractivity contribution is 7.19. The van der Waals surface area contributed by atoms with E-state index in [1.807, 2.05) is 19.1 Å². The summed E-state index contributed by atoms with van der Waals surface area (Å²) >= 11 is 13.4. The Bertz CT molecular complexity index is 1130. The van der Waals surface area contributed by atoms with Crippen LogP contribution in [0, 0.1) is 6.92 Å². The van der Waals surface area contributed by atoms with Crippen LogP contribution in [0.2, 0.25) is 10.0 Å². The summed E-state index contributed by atoms with van der Waals surface area (Å²) in [5.41, 5.74) is 1.57. The van der Waals surface area contributed by atoms with Gasteiger partial charge in [0.1, 0.15) is 5.69 Å². The summed E-state index contributed by atoms with van der Waals surface area (Å²) in [6.07, 6.45) is 1.57. The van der Waals surface area contributed by atoms with Gasteiger partial charge in [-0.15, -0.1) is 11.3 Å². The van der Waals surface area contributed by atoms with E-state index in [4.69, 9.17) is 27.6 Å². The number of fused-ring (bicyclic) bond motifs is 1. The van der Waals surface area contributed by atoms with Gasteiger partial charge in [-0.3, -0.25) is 4.79 Å². The summed E-state index contributed by atoms with van der Waals surface area (Å²) < 4.78 is 7.58. The number of nitrogens with zero attached hydrogens (tertiary/aromatic N) is 3. The van der Waals surface area contributed by atoms with E-state index in [9.17, 15) is 4.79 Å². The second-order valence-corrected chi connectivity index (χ2v) is 7.47. The molecule has 0 amide bonds. The highest BCUT2D eigenvalue weighted by Gasteiger charge is 2.18. The van der Waals surface area contributed by atoms with Crippen molar-refractivity contribution in [2.75, 3.05) is 0 Å². The van der Waals surface area contributed by atoms with Gasteiger partial charge in [0.25, 0.3) is 5.56 Å². The SMILES string of the molecule is Cc1nc2c(=O)n(Cc3ccc(Cl)c(Cl)c3)nc(-c3ccco3)c2s1. The molecule has 3 aromatic heterocycles. The average molecular weight is 392 g/mol.